The normalized spacial score (nSPS) is 17.9. The Balaban J connectivity index is 1.38. The van der Waals surface area contributed by atoms with E-state index in [1.165, 1.54) is 0 Å². The van der Waals surface area contributed by atoms with Crippen LogP contribution in [0.4, 0.5) is 10.5 Å². The zero-order valence-corrected chi connectivity index (χ0v) is 19.2. The highest BCUT2D eigenvalue weighted by atomic mass is 16.5. The van der Waals surface area contributed by atoms with Crippen molar-refractivity contribution in [2.24, 2.45) is 0 Å². The molecule has 0 bridgehead atoms. The highest BCUT2D eigenvalue weighted by Gasteiger charge is 2.29. The van der Waals surface area contributed by atoms with Crippen molar-refractivity contribution in [3.63, 3.8) is 0 Å². The number of fused-ring (bicyclic) bond motifs is 1. The maximum Gasteiger partial charge on any atom is 0.319 e. The smallest absolute Gasteiger partial charge is 0.319 e. The topological polar surface area (TPSA) is 88.0 Å². The lowest BCUT2D eigenvalue weighted by atomic mass is 10.1. The lowest BCUT2D eigenvalue weighted by molar-refractivity contribution is 0.0747. The number of amides is 3. The Morgan fingerprint density at radius 1 is 1.15 bits per heavy atom. The Kier molecular flexibility index (Phi) is 5.44. The van der Waals surface area contributed by atoms with E-state index < -0.39 is 0 Å². The van der Waals surface area contributed by atoms with Gasteiger partial charge < -0.3 is 20.3 Å². The number of hydrogen-bond acceptors (Lipinski definition) is 4. The molecule has 2 fully saturated rings. The van der Waals surface area contributed by atoms with Gasteiger partial charge in [-0.05, 0) is 75.8 Å². The molecule has 8 heteroatoms. The van der Waals surface area contributed by atoms with Crippen LogP contribution in [0.3, 0.4) is 0 Å². The first-order valence-corrected chi connectivity index (χ1v) is 11.5. The summed E-state index contributed by atoms with van der Waals surface area (Å²) >= 11 is 0. The second-order valence-corrected chi connectivity index (χ2v) is 9.10. The van der Waals surface area contributed by atoms with Crippen LogP contribution in [0.25, 0.3) is 5.52 Å². The monoisotopic (exact) mass is 447 g/mol. The molecule has 3 aromatic rings. The molecule has 1 unspecified atom stereocenters. The minimum atomic E-state index is -0.182. The average molecular weight is 448 g/mol. The fourth-order valence-electron chi connectivity index (χ4n) is 4.45. The number of likely N-dealkylation sites (tertiary alicyclic amines) is 1. The minimum Gasteiger partial charge on any atom is -0.455 e. The van der Waals surface area contributed by atoms with Gasteiger partial charge in [-0.2, -0.15) is 5.10 Å². The van der Waals surface area contributed by atoms with Crippen molar-refractivity contribution in [3.05, 3.63) is 53.3 Å². The van der Waals surface area contributed by atoms with Gasteiger partial charge in [0.15, 0.2) is 5.75 Å². The number of nitrogens with zero attached hydrogens (tertiary/aromatic N) is 3. The van der Waals surface area contributed by atoms with Crippen LogP contribution in [-0.2, 0) is 0 Å². The molecule has 1 aromatic carbocycles. The number of carbonyl (C=O) groups excluding carboxylic acids is 2. The number of nitrogens with one attached hydrogen (secondary N) is 2. The average Bonchev–Trinajstić information content (AvgIpc) is 3.38. The summed E-state index contributed by atoms with van der Waals surface area (Å²) in [7, 11) is 0. The van der Waals surface area contributed by atoms with Crippen LogP contribution in [0.5, 0.6) is 11.5 Å². The molecule has 5 rings (SSSR count). The molecule has 2 N–H and O–H groups in total. The van der Waals surface area contributed by atoms with E-state index in [0.29, 0.717) is 23.1 Å². The van der Waals surface area contributed by atoms with Crippen molar-refractivity contribution in [3.8, 4) is 11.5 Å². The number of carbonyl (C=O) groups is 2. The van der Waals surface area contributed by atoms with Gasteiger partial charge in [-0.3, -0.25) is 4.79 Å². The summed E-state index contributed by atoms with van der Waals surface area (Å²) in [5, 5.41) is 10.2. The molecule has 0 radical (unpaired) electrons. The molecule has 8 nitrogen and oxygen atoms in total. The lowest BCUT2D eigenvalue weighted by Gasteiger charge is -2.21. The maximum atomic E-state index is 13.2. The molecule has 1 aliphatic carbocycles. The van der Waals surface area contributed by atoms with Crippen molar-refractivity contribution >= 4 is 23.1 Å². The van der Waals surface area contributed by atoms with Gasteiger partial charge in [0, 0.05) is 36.6 Å². The zero-order chi connectivity index (χ0) is 23.1. The van der Waals surface area contributed by atoms with E-state index in [0.717, 1.165) is 54.6 Å². The Labute approximate surface area is 192 Å². The first-order valence-electron chi connectivity index (χ1n) is 11.5. The zero-order valence-electron chi connectivity index (χ0n) is 19.2. The van der Waals surface area contributed by atoms with Gasteiger partial charge in [-0.1, -0.05) is 0 Å². The van der Waals surface area contributed by atoms with E-state index in [1.807, 2.05) is 36.9 Å². The summed E-state index contributed by atoms with van der Waals surface area (Å²) in [4.78, 5) is 27.2. The molecule has 1 aliphatic heterocycles. The summed E-state index contributed by atoms with van der Waals surface area (Å²) in [6.07, 6.45) is 7.63. The number of ether oxygens (including phenoxy) is 1. The van der Waals surface area contributed by atoms with Crippen molar-refractivity contribution in [2.75, 3.05) is 11.9 Å². The van der Waals surface area contributed by atoms with Crippen LogP contribution in [-0.4, -0.2) is 45.1 Å². The minimum absolute atomic E-state index is 0.0460. The van der Waals surface area contributed by atoms with Gasteiger partial charge in [-0.25, -0.2) is 9.31 Å². The second kappa shape index (κ2) is 8.42. The van der Waals surface area contributed by atoms with E-state index in [9.17, 15) is 9.59 Å². The molecule has 1 saturated heterocycles. The SMILES string of the molecule is Cc1cc(Oc2ccnn3cc(C(=O)N4CCCC4C)c(C)c23)ccc1NC(=O)NC1CC1. The van der Waals surface area contributed by atoms with Crippen LogP contribution in [0.2, 0.25) is 0 Å². The van der Waals surface area contributed by atoms with Crippen LogP contribution < -0.4 is 15.4 Å². The van der Waals surface area contributed by atoms with E-state index in [-0.39, 0.29) is 18.0 Å². The summed E-state index contributed by atoms with van der Waals surface area (Å²) in [5.41, 5.74) is 3.93. The molecule has 2 aromatic heterocycles. The maximum absolute atomic E-state index is 13.2. The fourth-order valence-corrected chi connectivity index (χ4v) is 4.45. The molecule has 3 heterocycles. The summed E-state index contributed by atoms with van der Waals surface area (Å²) < 4.78 is 7.93. The van der Waals surface area contributed by atoms with Gasteiger partial charge in [0.25, 0.3) is 5.91 Å². The van der Waals surface area contributed by atoms with Crippen molar-refractivity contribution < 1.29 is 14.3 Å². The summed E-state index contributed by atoms with van der Waals surface area (Å²) in [6, 6.07) is 7.73. The summed E-state index contributed by atoms with van der Waals surface area (Å²) in [6.45, 7) is 6.76. The lowest BCUT2D eigenvalue weighted by Crippen LogP contribution is -2.33. The van der Waals surface area contributed by atoms with Crippen LogP contribution in [0, 0.1) is 13.8 Å². The Bertz CT molecular complexity index is 1230. The third-order valence-electron chi connectivity index (χ3n) is 6.52. The predicted molar refractivity (Wildman–Crippen MR) is 126 cm³/mol. The number of aryl methyl sites for hydroxylation is 2. The van der Waals surface area contributed by atoms with Crippen LogP contribution >= 0.6 is 0 Å². The second-order valence-electron chi connectivity index (χ2n) is 9.10. The van der Waals surface area contributed by atoms with Crippen molar-refractivity contribution in [1.29, 1.82) is 0 Å². The molecule has 0 spiro atoms. The number of aromatic nitrogens is 2. The number of hydrogen-bond donors (Lipinski definition) is 2. The number of urea groups is 1. The molecule has 1 atom stereocenters. The summed E-state index contributed by atoms with van der Waals surface area (Å²) in [5.74, 6) is 1.32. The van der Waals surface area contributed by atoms with E-state index in [1.54, 1.807) is 23.0 Å². The Hall–Kier alpha value is -3.55. The molecule has 1 saturated carbocycles. The van der Waals surface area contributed by atoms with Crippen molar-refractivity contribution in [1.82, 2.24) is 19.8 Å². The van der Waals surface area contributed by atoms with Gasteiger partial charge in [0.05, 0.1) is 11.8 Å². The van der Waals surface area contributed by atoms with Gasteiger partial charge in [0.2, 0.25) is 0 Å². The van der Waals surface area contributed by atoms with E-state index in [2.05, 4.69) is 22.7 Å². The largest absolute Gasteiger partial charge is 0.455 e. The van der Waals surface area contributed by atoms with E-state index >= 15 is 0 Å². The van der Waals surface area contributed by atoms with Gasteiger partial charge >= 0.3 is 6.03 Å². The standard InChI is InChI=1S/C25H29N5O3/c1-15-13-19(8-9-21(15)28-25(32)27-18-6-7-18)33-22-10-11-26-30-14-20(17(3)23(22)30)24(31)29-12-4-5-16(29)2/h8-11,13-14,16,18H,4-7,12H2,1-3H3,(H2,27,28,32). The Morgan fingerprint density at radius 3 is 2.67 bits per heavy atom. The third-order valence-corrected chi connectivity index (χ3v) is 6.52. The highest BCUT2D eigenvalue weighted by molar-refractivity contribution is 5.98. The number of anilines is 1. The van der Waals surface area contributed by atoms with Gasteiger partial charge in [0.1, 0.15) is 11.3 Å². The first-order chi connectivity index (χ1) is 15.9. The van der Waals surface area contributed by atoms with Crippen LogP contribution in [0.15, 0.2) is 36.7 Å². The Morgan fingerprint density at radius 2 is 1.97 bits per heavy atom. The molecule has 2 aliphatic rings. The molecule has 3 amide bonds. The molecular weight excluding hydrogens is 418 g/mol. The van der Waals surface area contributed by atoms with Gasteiger partial charge in [-0.15, -0.1) is 0 Å². The van der Waals surface area contributed by atoms with Crippen LogP contribution in [0.1, 0.15) is 54.1 Å². The first kappa shape index (κ1) is 21.3. The van der Waals surface area contributed by atoms with Crippen molar-refractivity contribution in [2.45, 2.75) is 58.5 Å². The molecule has 33 heavy (non-hydrogen) atoms. The molecule has 172 valence electrons. The highest BCUT2D eigenvalue weighted by Crippen LogP contribution is 2.33. The third kappa shape index (κ3) is 4.25. The quantitative estimate of drug-likeness (QED) is 0.596. The number of rotatable bonds is 5. The van der Waals surface area contributed by atoms with E-state index in [4.69, 9.17) is 4.74 Å². The molecular formula is C25H29N5O3. The number of benzene rings is 1. The predicted octanol–water partition coefficient (Wildman–Crippen LogP) is 4.65. The fraction of sp³-hybridized carbons (Fsp3) is 0.400.